The Morgan fingerprint density at radius 1 is 1.32 bits per heavy atom. The van der Waals surface area contributed by atoms with Crippen LogP contribution in [-0.2, 0) is 0 Å². The van der Waals surface area contributed by atoms with Crippen LogP contribution in [-0.4, -0.2) is 37.1 Å². The first-order valence-corrected chi connectivity index (χ1v) is 8.14. The molecule has 2 aliphatic carbocycles. The van der Waals surface area contributed by atoms with Crippen LogP contribution in [0.15, 0.2) is 23.3 Å². The molecule has 2 nitrogen and oxygen atoms in total. The van der Waals surface area contributed by atoms with E-state index in [0.717, 1.165) is 12.1 Å². The molecule has 0 spiro atoms. The van der Waals surface area contributed by atoms with Gasteiger partial charge in [-0.25, -0.2) is 0 Å². The molecule has 2 unspecified atom stereocenters. The number of rotatable bonds is 4. The normalized spacial score (nSPS) is 31.1. The van der Waals surface area contributed by atoms with Crippen molar-refractivity contribution in [3.05, 3.63) is 23.3 Å². The molecule has 0 aromatic rings. The van der Waals surface area contributed by atoms with E-state index in [-0.39, 0.29) is 0 Å². The van der Waals surface area contributed by atoms with Gasteiger partial charge in [-0.2, -0.15) is 0 Å². The predicted octanol–water partition coefficient (Wildman–Crippen LogP) is 3.26. The molecule has 2 heteroatoms. The Morgan fingerprint density at radius 3 is 3.05 bits per heavy atom. The third kappa shape index (κ3) is 3.29. The van der Waals surface area contributed by atoms with Gasteiger partial charge in [0.25, 0.3) is 0 Å². The molecule has 1 N–H and O–H groups in total. The topological polar surface area (TPSA) is 15.3 Å². The standard InChI is InChI=1S/C17H28N2/c1-19(11-9-16-8-4-5-10-18-16)17-12-14-6-2-3-7-15(14)13-17/h2,6,16-18H,3-5,7-13H2,1H3. The summed E-state index contributed by atoms with van der Waals surface area (Å²) in [5.41, 5.74) is 3.40. The summed E-state index contributed by atoms with van der Waals surface area (Å²) < 4.78 is 0. The second-order valence-electron chi connectivity index (χ2n) is 6.55. The van der Waals surface area contributed by atoms with Crippen molar-refractivity contribution in [2.45, 2.75) is 63.5 Å². The van der Waals surface area contributed by atoms with Crippen molar-refractivity contribution in [3.8, 4) is 0 Å². The van der Waals surface area contributed by atoms with E-state index in [1.165, 1.54) is 64.5 Å². The zero-order chi connectivity index (χ0) is 13.1. The summed E-state index contributed by atoms with van der Waals surface area (Å²) in [6.45, 7) is 2.49. The van der Waals surface area contributed by atoms with Gasteiger partial charge in [0.1, 0.15) is 0 Å². The molecular weight excluding hydrogens is 232 g/mol. The van der Waals surface area contributed by atoms with Crippen LogP contribution in [0.2, 0.25) is 0 Å². The summed E-state index contributed by atoms with van der Waals surface area (Å²) in [6.07, 6.45) is 15.5. The first kappa shape index (κ1) is 13.4. The second kappa shape index (κ2) is 6.23. The summed E-state index contributed by atoms with van der Waals surface area (Å²) in [6, 6.07) is 1.55. The van der Waals surface area contributed by atoms with Crippen LogP contribution in [0.4, 0.5) is 0 Å². The Balaban J connectivity index is 1.44. The van der Waals surface area contributed by atoms with E-state index in [9.17, 15) is 0 Å². The second-order valence-corrected chi connectivity index (χ2v) is 6.55. The van der Waals surface area contributed by atoms with E-state index in [4.69, 9.17) is 0 Å². The molecule has 0 aromatic heterocycles. The molecule has 0 aromatic carbocycles. The maximum atomic E-state index is 3.67. The smallest absolute Gasteiger partial charge is 0.0170 e. The Bertz CT molecular complexity index is 363. The Labute approximate surface area is 117 Å². The van der Waals surface area contributed by atoms with Crippen LogP contribution in [0.5, 0.6) is 0 Å². The number of nitrogens with one attached hydrogen (secondary N) is 1. The quantitative estimate of drug-likeness (QED) is 0.834. The van der Waals surface area contributed by atoms with E-state index in [2.05, 4.69) is 29.4 Å². The Morgan fingerprint density at radius 2 is 2.26 bits per heavy atom. The highest BCUT2D eigenvalue weighted by molar-refractivity contribution is 5.35. The van der Waals surface area contributed by atoms with Gasteiger partial charge in [-0.3, -0.25) is 0 Å². The minimum Gasteiger partial charge on any atom is -0.314 e. The lowest BCUT2D eigenvalue weighted by molar-refractivity contribution is 0.226. The van der Waals surface area contributed by atoms with Crippen LogP contribution in [0, 0.1) is 0 Å². The summed E-state index contributed by atoms with van der Waals surface area (Å²) in [7, 11) is 2.33. The lowest BCUT2D eigenvalue weighted by Crippen LogP contribution is -2.39. The molecule has 0 amide bonds. The van der Waals surface area contributed by atoms with Crippen molar-refractivity contribution < 1.29 is 0 Å². The summed E-state index contributed by atoms with van der Waals surface area (Å²) >= 11 is 0. The highest BCUT2D eigenvalue weighted by atomic mass is 15.1. The van der Waals surface area contributed by atoms with Crippen molar-refractivity contribution in [2.24, 2.45) is 0 Å². The molecule has 19 heavy (non-hydrogen) atoms. The van der Waals surface area contributed by atoms with Gasteiger partial charge in [-0.15, -0.1) is 0 Å². The maximum absolute atomic E-state index is 3.67. The van der Waals surface area contributed by atoms with Crippen LogP contribution < -0.4 is 5.32 Å². The fourth-order valence-corrected chi connectivity index (χ4v) is 3.84. The number of nitrogens with zero attached hydrogens (tertiary/aromatic N) is 1. The van der Waals surface area contributed by atoms with Gasteiger partial charge in [0, 0.05) is 12.1 Å². The first-order valence-electron chi connectivity index (χ1n) is 8.14. The van der Waals surface area contributed by atoms with Gasteiger partial charge >= 0.3 is 0 Å². The lowest BCUT2D eigenvalue weighted by atomic mass is 10.0. The fraction of sp³-hybridized carbons (Fsp3) is 0.765. The largest absolute Gasteiger partial charge is 0.314 e. The molecule has 106 valence electrons. The molecule has 1 aliphatic heterocycles. The Hall–Kier alpha value is -0.600. The molecule has 3 aliphatic rings. The highest BCUT2D eigenvalue weighted by Crippen LogP contribution is 2.35. The molecule has 0 saturated carbocycles. The maximum Gasteiger partial charge on any atom is 0.0170 e. The van der Waals surface area contributed by atoms with Gasteiger partial charge in [0.2, 0.25) is 0 Å². The third-order valence-electron chi connectivity index (χ3n) is 5.19. The average Bonchev–Trinajstić information content (AvgIpc) is 2.90. The highest BCUT2D eigenvalue weighted by Gasteiger charge is 2.26. The summed E-state index contributed by atoms with van der Waals surface area (Å²) in [5, 5.41) is 3.67. The Kier molecular flexibility index (Phi) is 4.39. The predicted molar refractivity (Wildman–Crippen MR) is 81.3 cm³/mol. The SMILES string of the molecule is CN(CCC1CCCCN1)C1CC2=C(CCC=C2)C1. The van der Waals surface area contributed by atoms with Gasteiger partial charge in [-0.05, 0) is 70.7 Å². The van der Waals surface area contributed by atoms with E-state index in [1.807, 2.05) is 0 Å². The molecule has 1 heterocycles. The molecule has 1 saturated heterocycles. The summed E-state index contributed by atoms with van der Waals surface area (Å²) in [4.78, 5) is 2.61. The molecule has 1 fully saturated rings. The number of hydrogen-bond acceptors (Lipinski definition) is 2. The van der Waals surface area contributed by atoms with Crippen molar-refractivity contribution in [1.29, 1.82) is 0 Å². The van der Waals surface area contributed by atoms with Crippen molar-refractivity contribution in [1.82, 2.24) is 10.2 Å². The fourth-order valence-electron chi connectivity index (χ4n) is 3.84. The molecule has 3 rings (SSSR count). The number of piperidine rings is 1. The van der Waals surface area contributed by atoms with Gasteiger partial charge in [-0.1, -0.05) is 24.1 Å². The van der Waals surface area contributed by atoms with Crippen LogP contribution in [0.3, 0.4) is 0 Å². The minimum atomic E-state index is 0.774. The molecule has 2 atom stereocenters. The number of allylic oxidation sites excluding steroid dienone is 2. The molecule has 0 radical (unpaired) electrons. The van der Waals surface area contributed by atoms with E-state index in [0.29, 0.717) is 0 Å². The van der Waals surface area contributed by atoms with Gasteiger partial charge < -0.3 is 10.2 Å². The summed E-state index contributed by atoms with van der Waals surface area (Å²) in [5.74, 6) is 0. The number of hydrogen-bond donors (Lipinski definition) is 1. The van der Waals surface area contributed by atoms with Crippen LogP contribution >= 0.6 is 0 Å². The molecule has 0 bridgehead atoms. The zero-order valence-electron chi connectivity index (χ0n) is 12.3. The first-order chi connectivity index (χ1) is 9.33. The van der Waals surface area contributed by atoms with Crippen molar-refractivity contribution >= 4 is 0 Å². The monoisotopic (exact) mass is 260 g/mol. The van der Waals surface area contributed by atoms with Crippen molar-refractivity contribution in [2.75, 3.05) is 20.1 Å². The van der Waals surface area contributed by atoms with E-state index >= 15 is 0 Å². The zero-order valence-corrected chi connectivity index (χ0v) is 12.3. The minimum absolute atomic E-state index is 0.774. The third-order valence-corrected chi connectivity index (χ3v) is 5.19. The lowest BCUT2D eigenvalue weighted by Gasteiger charge is -2.29. The van der Waals surface area contributed by atoms with Gasteiger partial charge in [0.15, 0.2) is 0 Å². The van der Waals surface area contributed by atoms with E-state index in [1.54, 1.807) is 11.1 Å². The van der Waals surface area contributed by atoms with Crippen molar-refractivity contribution in [3.63, 3.8) is 0 Å². The molecular formula is C17H28N2. The van der Waals surface area contributed by atoms with E-state index < -0.39 is 0 Å². The van der Waals surface area contributed by atoms with Crippen LogP contribution in [0.25, 0.3) is 0 Å². The van der Waals surface area contributed by atoms with Gasteiger partial charge in [0.05, 0.1) is 0 Å². The average molecular weight is 260 g/mol. The van der Waals surface area contributed by atoms with Crippen LogP contribution in [0.1, 0.15) is 51.4 Å².